The fourth-order valence-corrected chi connectivity index (χ4v) is 7.81. The maximum absolute atomic E-state index is 6.37. The molecule has 51 heavy (non-hydrogen) atoms. The molecule has 0 spiro atoms. The van der Waals surface area contributed by atoms with Crippen LogP contribution >= 0.6 is 11.6 Å². The van der Waals surface area contributed by atoms with Gasteiger partial charge in [0.05, 0.1) is 0 Å². The second-order valence-electron chi connectivity index (χ2n) is 12.9. The molecule has 6 heteroatoms. The molecule has 238 valence electrons. The third-order valence-electron chi connectivity index (χ3n) is 9.98. The summed E-state index contributed by atoms with van der Waals surface area (Å²) in [5.74, 6) is 1.68. The summed E-state index contributed by atoms with van der Waals surface area (Å²) < 4.78 is 12.5. The lowest BCUT2D eigenvalue weighted by molar-refractivity contribution is 0.668. The van der Waals surface area contributed by atoms with Crippen molar-refractivity contribution in [3.63, 3.8) is 0 Å². The first kappa shape index (κ1) is 28.3. The number of fused-ring (bicyclic) bond motifs is 11. The van der Waals surface area contributed by atoms with E-state index in [4.69, 9.17) is 35.4 Å². The average Bonchev–Trinajstić information content (AvgIpc) is 3.75. The Morgan fingerprint density at radius 1 is 0.373 bits per heavy atom. The highest BCUT2D eigenvalue weighted by molar-refractivity contribution is 6.31. The zero-order valence-electron chi connectivity index (χ0n) is 26.9. The maximum atomic E-state index is 6.37. The highest BCUT2D eigenvalue weighted by Crippen LogP contribution is 2.40. The predicted octanol–water partition coefficient (Wildman–Crippen LogP) is 12.8. The van der Waals surface area contributed by atoms with Crippen LogP contribution in [0.4, 0.5) is 0 Å². The third-order valence-corrected chi connectivity index (χ3v) is 10.2. The van der Waals surface area contributed by atoms with Gasteiger partial charge in [0.25, 0.3) is 0 Å². The van der Waals surface area contributed by atoms with Gasteiger partial charge in [-0.05, 0) is 68.7 Å². The van der Waals surface area contributed by atoms with E-state index in [1.807, 2.05) is 66.7 Å². The van der Waals surface area contributed by atoms with Crippen LogP contribution < -0.4 is 0 Å². The molecule has 3 heterocycles. The molecular formula is C45H24ClN3O2. The molecule has 0 unspecified atom stereocenters. The van der Waals surface area contributed by atoms with E-state index in [-0.39, 0.29) is 0 Å². The highest BCUT2D eigenvalue weighted by atomic mass is 35.5. The molecule has 0 fully saturated rings. The molecule has 0 saturated heterocycles. The number of aromatic nitrogens is 3. The first-order valence-corrected chi connectivity index (χ1v) is 17.2. The summed E-state index contributed by atoms with van der Waals surface area (Å²) in [5, 5.41) is 11.6. The molecule has 11 rings (SSSR count). The van der Waals surface area contributed by atoms with Gasteiger partial charge in [-0.2, -0.15) is 0 Å². The van der Waals surface area contributed by atoms with Crippen molar-refractivity contribution in [2.24, 2.45) is 0 Å². The summed E-state index contributed by atoms with van der Waals surface area (Å²) in [6, 6.07) is 49.6. The molecule has 3 aromatic heterocycles. The zero-order valence-corrected chi connectivity index (χ0v) is 27.6. The Morgan fingerprint density at radius 2 is 0.922 bits per heavy atom. The molecule has 0 bridgehead atoms. The van der Waals surface area contributed by atoms with Crippen LogP contribution in [0.25, 0.3) is 110 Å². The Morgan fingerprint density at radius 3 is 1.69 bits per heavy atom. The summed E-state index contributed by atoms with van der Waals surface area (Å²) in [5.41, 5.74) is 5.66. The van der Waals surface area contributed by atoms with Crippen LogP contribution in [0.1, 0.15) is 0 Å². The van der Waals surface area contributed by atoms with Gasteiger partial charge >= 0.3 is 0 Å². The van der Waals surface area contributed by atoms with Crippen molar-refractivity contribution in [1.82, 2.24) is 15.0 Å². The minimum absolute atomic E-state index is 0.548. The van der Waals surface area contributed by atoms with Crippen LogP contribution in [0.5, 0.6) is 0 Å². The standard InChI is InChI=1S/C45H24ClN3O2/c46-28-19-22-33-40(24-28)51-39-14-6-11-35(42(33)39)45-48-43(47-44(49-45)34-10-5-13-38-41(34)32-9-3-4-12-37(32)50-38)27-16-15-26-18-20-30-29-8-2-1-7-25(29)17-21-31(30)36(26)23-27/h1-24H. The molecule has 0 N–H and O–H groups in total. The fourth-order valence-electron chi connectivity index (χ4n) is 7.65. The first-order chi connectivity index (χ1) is 25.2. The van der Waals surface area contributed by atoms with Crippen molar-refractivity contribution in [2.45, 2.75) is 0 Å². The SMILES string of the molecule is Clc1ccc2c(c1)oc1cccc(-c3nc(-c4ccc5ccc6c7ccccc7ccc6c5c4)nc(-c4cccc5oc6ccccc6c45)n3)c12. The second-order valence-corrected chi connectivity index (χ2v) is 13.3. The van der Waals surface area contributed by atoms with Crippen LogP contribution in [-0.2, 0) is 0 Å². The molecular weight excluding hydrogens is 650 g/mol. The minimum Gasteiger partial charge on any atom is -0.456 e. The second kappa shape index (κ2) is 10.7. The van der Waals surface area contributed by atoms with Gasteiger partial charge in [0.1, 0.15) is 22.3 Å². The Balaban J connectivity index is 1.21. The van der Waals surface area contributed by atoms with Crippen LogP contribution in [0.2, 0.25) is 5.02 Å². The summed E-state index contributed by atoms with van der Waals surface area (Å²) in [7, 11) is 0. The number of hydrogen-bond acceptors (Lipinski definition) is 5. The van der Waals surface area contributed by atoms with Crippen molar-refractivity contribution in [3.8, 4) is 34.2 Å². The van der Waals surface area contributed by atoms with Gasteiger partial charge in [-0.15, -0.1) is 0 Å². The van der Waals surface area contributed by atoms with Gasteiger partial charge in [0.15, 0.2) is 17.5 Å². The van der Waals surface area contributed by atoms with Crippen molar-refractivity contribution < 1.29 is 8.83 Å². The molecule has 0 radical (unpaired) electrons. The van der Waals surface area contributed by atoms with Crippen LogP contribution in [-0.4, -0.2) is 15.0 Å². The van der Waals surface area contributed by atoms with Crippen LogP contribution in [0.15, 0.2) is 154 Å². The summed E-state index contributed by atoms with van der Waals surface area (Å²) >= 11 is 6.37. The monoisotopic (exact) mass is 673 g/mol. The quantitative estimate of drug-likeness (QED) is 0.175. The van der Waals surface area contributed by atoms with Gasteiger partial charge in [-0.1, -0.05) is 115 Å². The fraction of sp³-hybridized carbons (Fsp3) is 0. The van der Waals surface area contributed by atoms with Gasteiger partial charge in [-0.3, -0.25) is 0 Å². The van der Waals surface area contributed by atoms with E-state index in [1.54, 1.807) is 0 Å². The summed E-state index contributed by atoms with van der Waals surface area (Å²) in [4.78, 5) is 15.6. The summed E-state index contributed by atoms with van der Waals surface area (Å²) in [6.45, 7) is 0. The molecule has 0 aliphatic heterocycles. The molecule has 0 aliphatic rings. The zero-order chi connectivity index (χ0) is 33.6. The largest absolute Gasteiger partial charge is 0.456 e. The molecule has 0 atom stereocenters. The Hall–Kier alpha value is -6.56. The summed E-state index contributed by atoms with van der Waals surface area (Å²) in [6.07, 6.45) is 0. The molecule has 0 amide bonds. The number of halogens is 1. The molecule has 0 aliphatic carbocycles. The van der Waals surface area contributed by atoms with E-state index in [9.17, 15) is 0 Å². The van der Waals surface area contributed by atoms with Crippen LogP contribution in [0.3, 0.4) is 0 Å². The smallest absolute Gasteiger partial charge is 0.164 e. The molecule has 5 nitrogen and oxygen atoms in total. The topological polar surface area (TPSA) is 65.0 Å². The Bertz CT molecular complexity index is 3230. The van der Waals surface area contributed by atoms with Crippen molar-refractivity contribution >= 4 is 87.8 Å². The number of benzene rings is 8. The van der Waals surface area contributed by atoms with Crippen molar-refractivity contribution in [2.75, 3.05) is 0 Å². The lowest BCUT2D eigenvalue weighted by Crippen LogP contribution is -2.01. The molecule has 0 saturated carbocycles. The normalized spacial score (nSPS) is 12.0. The Labute approximate surface area is 295 Å². The lowest BCUT2D eigenvalue weighted by atomic mass is 9.96. The van der Waals surface area contributed by atoms with E-state index >= 15 is 0 Å². The minimum atomic E-state index is 0.548. The number of para-hydroxylation sites is 1. The van der Waals surface area contributed by atoms with Crippen LogP contribution in [0, 0.1) is 0 Å². The van der Waals surface area contributed by atoms with E-state index in [1.165, 1.54) is 21.5 Å². The van der Waals surface area contributed by atoms with E-state index < -0.39 is 0 Å². The lowest BCUT2D eigenvalue weighted by Gasteiger charge is -2.12. The van der Waals surface area contributed by atoms with E-state index in [0.717, 1.165) is 65.8 Å². The third kappa shape index (κ3) is 4.32. The average molecular weight is 674 g/mol. The number of nitrogens with zero attached hydrogens (tertiary/aromatic N) is 3. The first-order valence-electron chi connectivity index (χ1n) is 16.8. The number of furan rings is 2. The number of rotatable bonds is 3. The van der Waals surface area contributed by atoms with Gasteiger partial charge in [0, 0.05) is 49.3 Å². The highest BCUT2D eigenvalue weighted by Gasteiger charge is 2.21. The Kier molecular flexibility index (Phi) is 5.95. The molecule has 8 aromatic carbocycles. The predicted molar refractivity (Wildman–Crippen MR) is 208 cm³/mol. The van der Waals surface area contributed by atoms with E-state index in [2.05, 4.69) is 78.9 Å². The molecule has 11 aromatic rings. The van der Waals surface area contributed by atoms with Gasteiger partial charge < -0.3 is 8.83 Å². The van der Waals surface area contributed by atoms with Crippen molar-refractivity contribution in [1.29, 1.82) is 0 Å². The van der Waals surface area contributed by atoms with Gasteiger partial charge in [-0.25, -0.2) is 15.0 Å². The maximum Gasteiger partial charge on any atom is 0.164 e. The van der Waals surface area contributed by atoms with Crippen molar-refractivity contribution in [3.05, 3.63) is 151 Å². The number of hydrogen-bond donors (Lipinski definition) is 0. The van der Waals surface area contributed by atoms with Gasteiger partial charge in [0.2, 0.25) is 0 Å². The van der Waals surface area contributed by atoms with E-state index in [0.29, 0.717) is 28.1 Å².